The Morgan fingerprint density at radius 3 is 2.67 bits per heavy atom. The number of benzene rings is 1. The highest BCUT2D eigenvalue weighted by Crippen LogP contribution is 2.26. The highest BCUT2D eigenvalue weighted by Gasteiger charge is 2.10. The molecule has 4 nitrogen and oxygen atoms in total. The maximum absolute atomic E-state index is 9.18. The van der Waals surface area contributed by atoms with Crippen LogP contribution in [0.15, 0.2) is 18.2 Å². The van der Waals surface area contributed by atoms with Gasteiger partial charge in [0.05, 0.1) is 23.9 Å². The number of hydrogen-bond donors (Lipinski definition) is 2. The van der Waals surface area contributed by atoms with Gasteiger partial charge in [0.1, 0.15) is 0 Å². The Balaban J connectivity index is 2.70. The Bertz CT molecular complexity index is 413. The van der Waals surface area contributed by atoms with Gasteiger partial charge >= 0.3 is 0 Å². The highest BCUT2D eigenvalue weighted by atomic mass is 35.5. The number of ether oxygens (including phenoxy) is 1. The molecule has 0 fully saturated rings. The van der Waals surface area contributed by atoms with Gasteiger partial charge in [-0.05, 0) is 30.2 Å². The molecule has 0 radical (unpaired) electrons. The van der Waals surface area contributed by atoms with Crippen molar-refractivity contribution in [2.24, 2.45) is 5.92 Å². The lowest BCUT2D eigenvalue weighted by Crippen LogP contribution is -2.30. The molecule has 0 aromatic heterocycles. The summed E-state index contributed by atoms with van der Waals surface area (Å²) in [6.07, 6.45) is 0. The van der Waals surface area contributed by atoms with Gasteiger partial charge in [-0.3, -0.25) is 0 Å². The third-order valence-electron chi connectivity index (χ3n) is 3.17. The number of hydrogen-bond acceptors (Lipinski definition) is 4. The van der Waals surface area contributed by atoms with Crippen LogP contribution >= 0.6 is 11.6 Å². The zero-order valence-corrected chi connectivity index (χ0v) is 14.0. The van der Waals surface area contributed by atoms with Gasteiger partial charge in [-0.2, -0.15) is 0 Å². The second-order valence-electron chi connectivity index (χ2n) is 5.51. The van der Waals surface area contributed by atoms with E-state index in [4.69, 9.17) is 16.3 Å². The molecule has 1 aromatic rings. The number of aliphatic hydroxyl groups excluding tert-OH is 1. The third-order valence-corrected chi connectivity index (χ3v) is 3.47. The van der Waals surface area contributed by atoms with E-state index in [9.17, 15) is 5.11 Å². The fourth-order valence-corrected chi connectivity index (χ4v) is 2.42. The lowest BCUT2D eigenvalue weighted by Gasteiger charge is -2.25. The van der Waals surface area contributed by atoms with E-state index in [2.05, 4.69) is 25.2 Å². The fourth-order valence-electron chi connectivity index (χ4n) is 2.10. The summed E-state index contributed by atoms with van der Waals surface area (Å²) < 4.78 is 5.10. The Hall–Kier alpha value is -0.810. The molecule has 2 N–H and O–H groups in total. The normalized spacial score (nSPS) is 11.1. The van der Waals surface area contributed by atoms with E-state index in [1.807, 2.05) is 17.0 Å². The molecule has 0 aliphatic heterocycles. The summed E-state index contributed by atoms with van der Waals surface area (Å²) in [6.45, 7) is 8.14. The monoisotopic (exact) mass is 314 g/mol. The van der Waals surface area contributed by atoms with Crippen LogP contribution in [0.2, 0.25) is 5.02 Å². The Kier molecular flexibility index (Phi) is 8.69. The summed E-state index contributed by atoms with van der Waals surface area (Å²) in [4.78, 5) is 2.04. The molecule has 0 unspecified atom stereocenters. The summed E-state index contributed by atoms with van der Waals surface area (Å²) in [5.41, 5.74) is 2.11. The van der Waals surface area contributed by atoms with E-state index in [1.165, 1.54) is 5.56 Å². The van der Waals surface area contributed by atoms with Gasteiger partial charge < -0.3 is 20.1 Å². The molecule has 0 amide bonds. The predicted molar refractivity (Wildman–Crippen MR) is 89.2 cm³/mol. The van der Waals surface area contributed by atoms with Crippen LogP contribution in [0, 0.1) is 5.92 Å². The van der Waals surface area contributed by atoms with Crippen molar-refractivity contribution in [2.75, 3.05) is 44.9 Å². The van der Waals surface area contributed by atoms with Crippen LogP contribution in [0.3, 0.4) is 0 Å². The van der Waals surface area contributed by atoms with E-state index in [0.29, 0.717) is 30.6 Å². The first-order valence-electron chi connectivity index (χ1n) is 7.42. The van der Waals surface area contributed by atoms with E-state index >= 15 is 0 Å². The molecule has 0 atom stereocenters. The minimum atomic E-state index is 0.0950. The van der Waals surface area contributed by atoms with Crippen molar-refractivity contribution in [1.82, 2.24) is 5.32 Å². The molecule has 0 saturated heterocycles. The molecular weight excluding hydrogens is 288 g/mol. The number of nitrogens with one attached hydrogen (secondary N) is 1. The van der Waals surface area contributed by atoms with Gasteiger partial charge in [-0.1, -0.05) is 31.5 Å². The summed E-state index contributed by atoms with van der Waals surface area (Å²) in [5.74, 6) is 0.633. The van der Waals surface area contributed by atoms with Crippen molar-refractivity contribution >= 4 is 17.3 Å². The van der Waals surface area contributed by atoms with Gasteiger partial charge in [-0.25, -0.2) is 0 Å². The van der Waals surface area contributed by atoms with Gasteiger partial charge in [0.15, 0.2) is 0 Å². The summed E-state index contributed by atoms with van der Waals surface area (Å²) in [6, 6.07) is 6.08. The van der Waals surface area contributed by atoms with Gasteiger partial charge in [-0.15, -0.1) is 0 Å². The van der Waals surface area contributed by atoms with Crippen LogP contribution < -0.4 is 10.2 Å². The molecule has 0 aliphatic rings. The minimum Gasteiger partial charge on any atom is -0.395 e. The largest absolute Gasteiger partial charge is 0.395 e. The van der Waals surface area contributed by atoms with Gasteiger partial charge in [0.2, 0.25) is 0 Å². The quantitative estimate of drug-likeness (QED) is 0.696. The molecule has 0 aliphatic carbocycles. The lowest BCUT2D eigenvalue weighted by atomic mass is 10.1. The second-order valence-corrected chi connectivity index (χ2v) is 5.92. The molecule has 0 saturated carbocycles. The Morgan fingerprint density at radius 2 is 2.10 bits per heavy atom. The van der Waals surface area contributed by atoms with Crippen LogP contribution in [0.5, 0.6) is 0 Å². The van der Waals surface area contributed by atoms with E-state index < -0.39 is 0 Å². The summed E-state index contributed by atoms with van der Waals surface area (Å²) in [5, 5.41) is 13.3. The zero-order valence-electron chi connectivity index (χ0n) is 13.2. The minimum absolute atomic E-state index is 0.0950. The average molecular weight is 315 g/mol. The maximum Gasteiger partial charge on any atom is 0.0642 e. The van der Waals surface area contributed by atoms with Crippen LogP contribution in [-0.2, 0) is 11.3 Å². The van der Waals surface area contributed by atoms with Crippen molar-refractivity contribution in [2.45, 2.75) is 20.4 Å². The SMILES string of the molecule is COCCN(CCO)c1ccc(CNCC(C)C)cc1Cl. The highest BCUT2D eigenvalue weighted by molar-refractivity contribution is 6.33. The van der Waals surface area contributed by atoms with Gasteiger partial charge in [0.25, 0.3) is 0 Å². The van der Waals surface area contributed by atoms with E-state index in [-0.39, 0.29) is 6.61 Å². The molecule has 0 heterocycles. The van der Waals surface area contributed by atoms with Crippen LogP contribution in [0.4, 0.5) is 5.69 Å². The van der Waals surface area contributed by atoms with Gasteiger partial charge in [0, 0.05) is 26.7 Å². The summed E-state index contributed by atoms with van der Waals surface area (Å²) >= 11 is 6.39. The number of anilines is 1. The van der Waals surface area contributed by atoms with Crippen molar-refractivity contribution in [3.05, 3.63) is 28.8 Å². The lowest BCUT2D eigenvalue weighted by molar-refractivity contribution is 0.203. The molecule has 1 rings (SSSR count). The smallest absolute Gasteiger partial charge is 0.0642 e. The summed E-state index contributed by atoms with van der Waals surface area (Å²) in [7, 11) is 1.67. The molecule has 120 valence electrons. The van der Waals surface area contributed by atoms with Crippen molar-refractivity contribution in [1.29, 1.82) is 0 Å². The second kappa shape index (κ2) is 10.0. The standard InChI is InChI=1S/C16H27ClN2O2/c1-13(2)11-18-12-14-4-5-16(15(17)10-14)19(6-8-20)7-9-21-3/h4-5,10,13,18,20H,6-9,11-12H2,1-3H3. The number of halogens is 1. The first-order chi connectivity index (χ1) is 10.1. The van der Waals surface area contributed by atoms with Crippen LogP contribution in [0.1, 0.15) is 19.4 Å². The number of nitrogens with zero attached hydrogens (tertiary/aromatic N) is 1. The van der Waals surface area contributed by atoms with Crippen molar-refractivity contribution in [3.8, 4) is 0 Å². The topological polar surface area (TPSA) is 44.7 Å². The maximum atomic E-state index is 9.18. The van der Waals surface area contributed by atoms with E-state index in [0.717, 1.165) is 18.8 Å². The molecule has 0 bridgehead atoms. The molecular formula is C16H27ClN2O2. The molecule has 0 spiro atoms. The third kappa shape index (κ3) is 6.66. The van der Waals surface area contributed by atoms with Crippen molar-refractivity contribution in [3.63, 3.8) is 0 Å². The number of aliphatic hydroxyl groups is 1. The Morgan fingerprint density at radius 1 is 1.33 bits per heavy atom. The van der Waals surface area contributed by atoms with Crippen LogP contribution in [0.25, 0.3) is 0 Å². The first-order valence-corrected chi connectivity index (χ1v) is 7.80. The fraction of sp³-hybridized carbons (Fsp3) is 0.625. The first kappa shape index (κ1) is 18.2. The number of rotatable bonds is 10. The molecule has 21 heavy (non-hydrogen) atoms. The predicted octanol–water partition coefficient (Wildman–Crippen LogP) is 2.53. The van der Waals surface area contributed by atoms with Crippen molar-refractivity contribution < 1.29 is 9.84 Å². The van der Waals surface area contributed by atoms with Crippen LogP contribution in [-0.4, -0.2) is 45.1 Å². The molecule has 1 aromatic carbocycles. The van der Waals surface area contributed by atoms with E-state index in [1.54, 1.807) is 7.11 Å². The Labute approximate surface area is 133 Å². The molecule has 5 heteroatoms. The number of methoxy groups -OCH3 is 1. The average Bonchev–Trinajstić information content (AvgIpc) is 2.43. The zero-order chi connectivity index (χ0) is 15.7.